The van der Waals surface area contributed by atoms with Gasteiger partial charge in [0.1, 0.15) is 10.9 Å². The maximum absolute atomic E-state index is 13.6. The van der Waals surface area contributed by atoms with Crippen molar-refractivity contribution in [3.63, 3.8) is 0 Å². The molecule has 0 bridgehead atoms. The number of nitrogens with one attached hydrogen (secondary N) is 4. The zero-order valence-electron chi connectivity index (χ0n) is 26.4. The van der Waals surface area contributed by atoms with Gasteiger partial charge in [0, 0.05) is 34.4 Å². The third-order valence-corrected chi connectivity index (χ3v) is 8.32. The standard InChI is InChI=1S/C39H34N4O4S/c1-26-16-18-28(19-17-26)24-35(43-37(45)30-12-7-4-8-13-30)38(46)42-33-14-9-15-34(25-33)48-36(29-10-5-3-6-11-29)39(47)41-32-22-20-31(21-23-32)40-27(2)44/h3-25,36H,1-2H3,(H,40,44)(H,41,47)(H,42,46)(H,43,45)/b35-24-. The van der Waals surface area contributed by atoms with Gasteiger partial charge in [0.2, 0.25) is 11.8 Å². The van der Waals surface area contributed by atoms with Crippen LogP contribution in [0.4, 0.5) is 17.1 Å². The summed E-state index contributed by atoms with van der Waals surface area (Å²) in [4.78, 5) is 52.4. The van der Waals surface area contributed by atoms with E-state index in [0.29, 0.717) is 22.6 Å². The van der Waals surface area contributed by atoms with Crippen LogP contribution in [0.5, 0.6) is 0 Å². The van der Waals surface area contributed by atoms with Crippen LogP contribution in [0.25, 0.3) is 6.08 Å². The first-order valence-electron chi connectivity index (χ1n) is 15.2. The molecule has 0 aliphatic rings. The lowest BCUT2D eigenvalue weighted by Crippen LogP contribution is -2.30. The Kier molecular flexibility index (Phi) is 11.2. The zero-order valence-corrected chi connectivity index (χ0v) is 27.2. The maximum atomic E-state index is 13.6. The number of anilines is 3. The van der Waals surface area contributed by atoms with Gasteiger partial charge in [0.25, 0.3) is 11.8 Å². The molecule has 1 atom stereocenters. The van der Waals surface area contributed by atoms with Crippen molar-refractivity contribution in [3.05, 3.63) is 161 Å². The number of thioether (sulfide) groups is 1. The van der Waals surface area contributed by atoms with Gasteiger partial charge in [-0.2, -0.15) is 0 Å². The molecule has 1 unspecified atom stereocenters. The minimum absolute atomic E-state index is 0.0804. The van der Waals surface area contributed by atoms with Crippen LogP contribution in [0.3, 0.4) is 0 Å². The number of hydrogen-bond donors (Lipinski definition) is 4. The molecule has 4 N–H and O–H groups in total. The summed E-state index contributed by atoms with van der Waals surface area (Å²) >= 11 is 1.34. The number of carbonyl (C=O) groups excluding carboxylic acids is 4. The fourth-order valence-electron chi connectivity index (χ4n) is 4.70. The van der Waals surface area contributed by atoms with E-state index in [1.165, 1.54) is 18.7 Å². The van der Waals surface area contributed by atoms with Gasteiger partial charge in [-0.25, -0.2) is 0 Å². The molecule has 5 aromatic carbocycles. The molecular weight excluding hydrogens is 621 g/mol. The molecular formula is C39H34N4O4S. The van der Waals surface area contributed by atoms with Gasteiger partial charge in [-0.05, 0) is 78.7 Å². The van der Waals surface area contributed by atoms with E-state index < -0.39 is 17.1 Å². The largest absolute Gasteiger partial charge is 0.326 e. The summed E-state index contributed by atoms with van der Waals surface area (Å²) in [5, 5.41) is 10.7. The summed E-state index contributed by atoms with van der Waals surface area (Å²) in [6.45, 7) is 3.41. The van der Waals surface area contributed by atoms with E-state index in [1.807, 2.05) is 73.7 Å². The summed E-state index contributed by atoms with van der Waals surface area (Å²) in [6, 6.07) is 39.8. The van der Waals surface area contributed by atoms with Crippen molar-refractivity contribution in [2.75, 3.05) is 16.0 Å². The van der Waals surface area contributed by atoms with Crippen molar-refractivity contribution < 1.29 is 19.2 Å². The highest BCUT2D eigenvalue weighted by molar-refractivity contribution is 8.00. The number of amides is 4. The summed E-state index contributed by atoms with van der Waals surface area (Å²) in [5.74, 6) is -1.32. The summed E-state index contributed by atoms with van der Waals surface area (Å²) in [7, 11) is 0. The van der Waals surface area contributed by atoms with Crippen LogP contribution in [0, 0.1) is 6.92 Å². The molecule has 0 saturated carbocycles. The number of hydrogen-bond acceptors (Lipinski definition) is 5. The number of carbonyl (C=O) groups is 4. The van der Waals surface area contributed by atoms with E-state index in [4.69, 9.17) is 0 Å². The van der Waals surface area contributed by atoms with E-state index in [0.717, 1.165) is 21.6 Å². The molecule has 0 spiro atoms. The summed E-state index contributed by atoms with van der Waals surface area (Å²) in [5.41, 5.74) is 4.84. The van der Waals surface area contributed by atoms with Gasteiger partial charge in [0.15, 0.2) is 0 Å². The van der Waals surface area contributed by atoms with Crippen LogP contribution in [-0.2, 0) is 14.4 Å². The first-order chi connectivity index (χ1) is 23.2. The minimum Gasteiger partial charge on any atom is -0.326 e. The molecule has 0 aromatic heterocycles. The molecule has 0 heterocycles. The third-order valence-electron chi connectivity index (χ3n) is 7.08. The Morgan fingerprint density at radius 1 is 0.646 bits per heavy atom. The van der Waals surface area contributed by atoms with Gasteiger partial charge in [-0.15, -0.1) is 11.8 Å². The van der Waals surface area contributed by atoms with Crippen molar-refractivity contribution in [2.45, 2.75) is 24.0 Å². The second kappa shape index (κ2) is 16.1. The molecule has 9 heteroatoms. The second-order valence-electron chi connectivity index (χ2n) is 10.9. The summed E-state index contributed by atoms with van der Waals surface area (Å²) < 4.78 is 0. The quantitative estimate of drug-likeness (QED) is 0.0856. The van der Waals surface area contributed by atoms with Crippen LogP contribution in [0.15, 0.2) is 144 Å². The van der Waals surface area contributed by atoms with Gasteiger partial charge in [-0.1, -0.05) is 84.4 Å². The third kappa shape index (κ3) is 9.54. The van der Waals surface area contributed by atoms with E-state index >= 15 is 0 Å². The first-order valence-corrected chi connectivity index (χ1v) is 16.1. The topological polar surface area (TPSA) is 116 Å². The predicted octanol–water partition coefficient (Wildman–Crippen LogP) is 7.84. The average Bonchev–Trinajstić information content (AvgIpc) is 3.09. The predicted molar refractivity (Wildman–Crippen MR) is 193 cm³/mol. The van der Waals surface area contributed by atoms with Crippen molar-refractivity contribution in [1.29, 1.82) is 0 Å². The van der Waals surface area contributed by atoms with E-state index in [9.17, 15) is 19.2 Å². The molecule has 0 saturated heterocycles. The monoisotopic (exact) mass is 654 g/mol. The Balaban J connectivity index is 1.35. The zero-order chi connectivity index (χ0) is 33.9. The van der Waals surface area contributed by atoms with Gasteiger partial charge in [0.05, 0.1) is 0 Å². The molecule has 240 valence electrons. The Hall–Kier alpha value is -5.93. The highest BCUT2D eigenvalue weighted by Gasteiger charge is 2.23. The van der Waals surface area contributed by atoms with Gasteiger partial charge >= 0.3 is 0 Å². The first kappa shape index (κ1) is 33.4. The number of benzene rings is 5. The highest BCUT2D eigenvalue weighted by atomic mass is 32.2. The van der Waals surface area contributed by atoms with E-state index in [-0.39, 0.29) is 17.5 Å². The Morgan fingerprint density at radius 3 is 1.92 bits per heavy atom. The molecule has 5 aromatic rings. The van der Waals surface area contributed by atoms with Gasteiger partial charge in [-0.3, -0.25) is 19.2 Å². The van der Waals surface area contributed by atoms with Crippen molar-refractivity contribution in [2.24, 2.45) is 0 Å². The SMILES string of the molecule is CC(=O)Nc1ccc(NC(=O)C(Sc2cccc(NC(=O)/C(=C/c3ccc(C)cc3)NC(=O)c3ccccc3)c2)c2ccccc2)cc1. The lowest BCUT2D eigenvalue weighted by molar-refractivity contribution is -0.116. The molecule has 0 radical (unpaired) electrons. The molecule has 0 fully saturated rings. The Labute approximate surface area is 283 Å². The number of aryl methyl sites for hydroxylation is 1. The molecule has 0 aliphatic heterocycles. The fourth-order valence-corrected chi connectivity index (χ4v) is 5.79. The second-order valence-corrected chi connectivity index (χ2v) is 12.1. The normalized spacial score (nSPS) is 11.6. The van der Waals surface area contributed by atoms with Crippen LogP contribution in [0.1, 0.15) is 39.2 Å². The van der Waals surface area contributed by atoms with Crippen molar-refractivity contribution >= 4 is 58.5 Å². The van der Waals surface area contributed by atoms with Crippen molar-refractivity contribution in [1.82, 2.24) is 5.32 Å². The number of rotatable bonds is 11. The smallest absolute Gasteiger partial charge is 0.272 e. The molecule has 5 rings (SSSR count). The molecule has 4 amide bonds. The highest BCUT2D eigenvalue weighted by Crippen LogP contribution is 2.37. The average molecular weight is 655 g/mol. The fraction of sp³-hybridized carbons (Fsp3) is 0.0769. The van der Waals surface area contributed by atoms with E-state index in [2.05, 4.69) is 21.3 Å². The summed E-state index contributed by atoms with van der Waals surface area (Å²) in [6.07, 6.45) is 1.63. The van der Waals surface area contributed by atoms with E-state index in [1.54, 1.807) is 72.8 Å². The minimum atomic E-state index is -0.616. The van der Waals surface area contributed by atoms with Gasteiger partial charge < -0.3 is 21.3 Å². The van der Waals surface area contributed by atoms with Crippen LogP contribution < -0.4 is 21.3 Å². The molecule has 48 heavy (non-hydrogen) atoms. The molecule has 0 aliphatic carbocycles. The van der Waals surface area contributed by atoms with Crippen LogP contribution >= 0.6 is 11.8 Å². The Bertz CT molecular complexity index is 1930. The Morgan fingerprint density at radius 2 is 1.27 bits per heavy atom. The lowest BCUT2D eigenvalue weighted by atomic mass is 10.1. The van der Waals surface area contributed by atoms with Crippen molar-refractivity contribution in [3.8, 4) is 0 Å². The van der Waals surface area contributed by atoms with Crippen LogP contribution in [-0.4, -0.2) is 23.6 Å². The lowest BCUT2D eigenvalue weighted by Gasteiger charge is -2.18. The molecule has 8 nitrogen and oxygen atoms in total. The van der Waals surface area contributed by atoms with Crippen LogP contribution in [0.2, 0.25) is 0 Å². The maximum Gasteiger partial charge on any atom is 0.272 e.